The third kappa shape index (κ3) is 2.13. The van der Waals surface area contributed by atoms with Crippen molar-refractivity contribution in [3.63, 3.8) is 0 Å². The second-order valence-electron chi connectivity index (χ2n) is 3.58. The summed E-state index contributed by atoms with van der Waals surface area (Å²) in [5.41, 5.74) is 7.59. The molecule has 0 aromatic heterocycles. The fraction of sp³-hybridized carbons (Fsp3) is 0.455. The molecule has 0 bridgehead atoms. The first-order valence-corrected chi connectivity index (χ1v) is 5.74. The number of esters is 1. The summed E-state index contributed by atoms with van der Waals surface area (Å²) in [5.74, 6) is -0.936. The van der Waals surface area contributed by atoms with Gasteiger partial charge in [0, 0.05) is 4.86 Å². The molecule has 0 aromatic carbocycles. The minimum absolute atomic E-state index is 0.321. The molecule has 1 rings (SSSR count). The largest absolute Gasteiger partial charge is 0.465 e. The maximum Gasteiger partial charge on any atom is 0.318 e. The molecule has 2 N–H and O–H groups in total. The predicted molar refractivity (Wildman–Crippen MR) is 68.2 cm³/mol. The summed E-state index contributed by atoms with van der Waals surface area (Å²) in [6.07, 6.45) is 0. The van der Waals surface area contributed by atoms with Crippen LogP contribution in [0.3, 0.4) is 0 Å². The molecule has 0 aliphatic heterocycles. The maximum absolute atomic E-state index is 11.8. The van der Waals surface area contributed by atoms with E-state index in [1.807, 2.05) is 0 Å². The van der Waals surface area contributed by atoms with Crippen molar-refractivity contribution in [1.29, 1.82) is 0 Å². The van der Waals surface area contributed by atoms with Gasteiger partial charge in [-0.3, -0.25) is 4.79 Å². The van der Waals surface area contributed by atoms with Crippen LogP contribution in [0.15, 0.2) is 21.9 Å². The highest BCUT2D eigenvalue weighted by Gasteiger charge is 2.33. The molecule has 0 fully saturated rings. The van der Waals surface area contributed by atoms with E-state index in [-0.39, 0.29) is 5.97 Å². The molecular formula is C11H14ClNO2S. The molecule has 0 heterocycles. The van der Waals surface area contributed by atoms with Crippen LogP contribution in [0, 0.1) is 5.92 Å². The van der Waals surface area contributed by atoms with Gasteiger partial charge in [-0.1, -0.05) is 23.8 Å². The van der Waals surface area contributed by atoms with Crippen LogP contribution in [0.4, 0.5) is 0 Å². The molecule has 0 amide bonds. The average Bonchev–Trinajstić information content (AvgIpc) is 2.24. The van der Waals surface area contributed by atoms with E-state index in [9.17, 15) is 4.79 Å². The number of hydrogen-bond acceptors (Lipinski definition) is 4. The molecule has 0 radical (unpaired) electrons. The Balaban J connectivity index is 3.16. The summed E-state index contributed by atoms with van der Waals surface area (Å²) in [7, 11) is 0. The molecular weight excluding hydrogens is 246 g/mol. The van der Waals surface area contributed by atoms with Crippen molar-refractivity contribution in [3.8, 4) is 0 Å². The fourth-order valence-corrected chi connectivity index (χ4v) is 2.24. The Labute approximate surface area is 105 Å². The molecule has 3 nitrogen and oxygen atoms in total. The zero-order valence-corrected chi connectivity index (χ0v) is 11.0. The topological polar surface area (TPSA) is 52.3 Å². The highest BCUT2D eigenvalue weighted by molar-refractivity contribution is 7.81. The number of ether oxygens (including phenoxy) is 1. The number of halogens is 1. The normalized spacial score (nSPS) is 21.5. The van der Waals surface area contributed by atoms with Crippen LogP contribution in [0.2, 0.25) is 0 Å². The van der Waals surface area contributed by atoms with E-state index < -0.39 is 5.92 Å². The van der Waals surface area contributed by atoms with Gasteiger partial charge < -0.3 is 10.5 Å². The van der Waals surface area contributed by atoms with E-state index in [0.717, 1.165) is 0 Å². The van der Waals surface area contributed by atoms with Gasteiger partial charge >= 0.3 is 5.97 Å². The zero-order valence-electron chi connectivity index (χ0n) is 9.46. The summed E-state index contributed by atoms with van der Waals surface area (Å²) in [6.45, 7) is 5.58. The molecule has 1 aliphatic rings. The van der Waals surface area contributed by atoms with Crippen LogP contribution >= 0.6 is 23.8 Å². The lowest BCUT2D eigenvalue weighted by Crippen LogP contribution is -2.32. The molecule has 5 heteroatoms. The van der Waals surface area contributed by atoms with Gasteiger partial charge in [-0.05, 0) is 31.9 Å². The first-order chi connectivity index (χ1) is 7.41. The lowest BCUT2D eigenvalue weighted by molar-refractivity contribution is -0.144. The molecule has 1 aliphatic carbocycles. The number of hydrogen-bond donors (Lipinski definition) is 1. The lowest BCUT2D eigenvalue weighted by atomic mass is 9.86. The van der Waals surface area contributed by atoms with Crippen LogP contribution < -0.4 is 5.73 Å². The second-order valence-corrected chi connectivity index (χ2v) is 4.40. The Hall–Kier alpha value is -0.870. The maximum atomic E-state index is 11.8. The van der Waals surface area contributed by atoms with Gasteiger partial charge in [0.2, 0.25) is 0 Å². The summed E-state index contributed by atoms with van der Waals surface area (Å²) in [6, 6.07) is 0. The molecule has 0 aromatic rings. The third-order valence-corrected chi connectivity index (χ3v) is 3.61. The van der Waals surface area contributed by atoms with E-state index in [4.69, 9.17) is 34.3 Å². The van der Waals surface area contributed by atoms with E-state index in [1.165, 1.54) is 0 Å². The average molecular weight is 260 g/mol. The summed E-state index contributed by atoms with van der Waals surface area (Å²) in [4.78, 5) is 12.2. The van der Waals surface area contributed by atoms with E-state index >= 15 is 0 Å². The Morgan fingerprint density at radius 1 is 1.56 bits per heavy atom. The summed E-state index contributed by atoms with van der Waals surface area (Å²) < 4.78 is 4.97. The standard InChI is InChI=1S/C11H14ClNO2S/c1-4-15-11(14)7-5(2)9(13)8(12)6(3)10(7)16/h7H,4,13H2,1-3H3. The van der Waals surface area contributed by atoms with Crippen molar-refractivity contribution in [2.75, 3.05) is 6.61 Å². The number of nitrogens with two attached hydrogens (primary N) is 1. The molecule has 0 saturated carbocycles. The van der Waals surface area contributed by atoms with Gasteiger partial charge in [0.05, 0.1) is 17.3 Å². The molecule has 0 spiro atoms. The molecule has 88 valence electrons. The Morgan fingerprint density at radius 2 is 2.12 bits per heavy atom. The van der Waals surface area contributed by atoms with Gasteiger partial charge in [0.25, 0.3) is 0 Å². The minimum Gasteiger partial charge on any atom is -0.465 e. The van der Waals surface area contributed by atoms with Crippen molar-refractivity contribution in [3.05, 3.63) is 21.9 Å². The smallest absolute Gasteiger partial charge is 0.318 e. The van der Waals surface area contributed by atoms with Gasteiger partial charge in [-0.2, -0.15) is 0 Å². The van der Waals surface area contributed by atoms with Crippen molar-refractivity contribution in [2.45, 2.75) is 20.8 Å². The predicted octanol–water partition coefficient (Wildman–Crippen LogP) is 2.29. The van der Waals surface area contributed by atoms with E-state index in [0.29, 0.717) is 33.3 Å². The zero-order chi connectivity index (χ0) is 12.5. The van der Waals surface area contributed by atoms with Gasteiger partial charge in [0.1, 0.15) is 5.92 Å². The Morgan fingerprint density at radius 3 is 2.62 bits per heavy atom. The lowest BCUT2D eigenvalue weighted by Gasteiger charge is -2.25. The second kappa shape index (κ2) is 4.97. The first-order valence-electron chi connectivity index (χ1n) is 4.95. The van der Waals surface area contributed by atoms with E-state index in [2.05, 4.69) is 0 Å². The van der Waals surface area contributed by atoms with E-state index in [1.54, 1.807) is 20.8 Å². The van der Waals surface area contributed by atoms with Gasteiger partial charge in [0.15, 0.2) is 0 Å². The highest BCUT2D eigenvalue weighted by Crippen LogP contribution is 2.33. The fourth-order valence-electron chi connectivity index (χ4n) is 1.56. The number of rotatable bonds is 2. The minimum atomic E-state index is -0.572. The molecule has 1 atom stereocenters. The van der Waals surface area contributed by atoms with Crippen molar-refractivity contribution in [2.24, 2.45) is 11.7 Å². The van der Waals surface area contributed by atoms with Gasteiger partial charge in [-0.25, -0.2) is 0 Å². The van der Waals surface area contributed by atoms with Crippen LogP contribution in [-0.2, 0) is 9.53 Å². The monoisotopic (exact) mass is 259 g/mol. The third-order valence-electron chi connectivity index (χ3n) is 2.58. The molecule has 1 unspecified atom stereocenters. The van der Waals surface area contributed by atoms with Crippen LogP contribution in [0.5, 0.6) is 0 Å². The van der Waals surface area contributed by atoms with Crippen molar-refractivity contribution in [1.82, 2.24) is 0 Å². The number of carbonyl (C=O) groups excluding carboxylic acids is 1. The number of allylic oxidation sites excluding steroid dienone is 2. The van der Waals surface area contributed by atoms with Crippen LogP contribution in [0.1, 0.15) is 20.8 Å². The molecule has 0 saturated heterocycles. The van der Waals surface area contributed by atoms with Gasteiger partial charge in [-0.15, -0.1) is 0 Å². The van der Waals surface area contributed by atoms with Crippen molar-refractivity contribution < 1.29 is 9.53 Å². The van der Waals surface area contributed by atoms with Crippen molar-refractivity contribution >= 4 is 34.7 Å². The summed E-state index contributed by atoms with van der Waals surface area (Å²) in [5, 5.41) is 0.433. The highest BCUT2D eigenvalue weighted by atomic mass is 35.5. The molecule has 16 heavy (non-hydrogen) atoms. The Kier molecular flexibility index (Phi) is 4.10. The number of carbonyl (C=O) groups is 1. The summed E-state index contributed by atoms with van der Waals surface area (Å²) >= 11 is 11.2. The SMILES string of the molecule is CCOC(=O)C1C(=S)C(C)=C(Cl)C(N)=C1C. The number of thiocarbonyl (C=S) groups is 1. The first kappa shape index (κ1) is 13.2. The quantitative estimate of drug-likeness (QED) is 0.611. The Bertz CT molecular complexity index is 412. The van der Waals surface area contributed by atoms with Crippen LogP contribution in [-0.4, -0.2) is 17.4 Å². The van der Waals surface area contributed by atoms with Crippen LogP contribution in [0.25, 0.3) is 0 Å².